The number of aromatic nitrogens is 4. The van der Waals surface area contributed by atoms with Gasteiger partial charge in [0.15, 0.2) is 6.73 Å². The third kappa shape index (κ3) is 5.58. The monoisotopic (exact) mass is 451 g/mol. The molecular formula is C18H19BrClN5O2. The molecule has 0 aliphatic rings. The summed E-state index contributed by atoms with van der Waals surface area (Å²) in [7, 11) is 0. The smallest absolute Gasteiger partial charge is 0.271 e. The first-order chi connectivity index (χ1) is 13.0. The number of nitrogens with zero attached hydrogens (tertiary/aromatic N) is 4. The van der Waals surface area contributed by atoms with E-state index < -0.39 is 0 Å². The first kappa shape index (κ1) is 19.4. The van der Waals surface area contributed by atoms with Crippen LogP contribution >= 0.6 is 27.5 Å². The zero-order valence-corrected chi connectivity index (χ0v) is 17.1. The molecule has 0 spiro atoms. The first-order valence-corrected chi connectivity index (χ1v) is 9.58. The highest BCUT2D eigenvalue weighted by Gasteiger charge is 2.09. The second-order valence-electron chi connectivity index (χ2n) is 5.91. The Morgan fingerprint density at radius 2 is 2.15 bits per heavy atom. The fourth-order valence-electron chi connectivity index (χ4n) is 2.39. The van der Waals surface area contributed by atoms with Crippen molar-refractivity contribution in [1.29, 1.82) is 0 Å². The van der Waals surface area contributed by atoms with Crippen LogP contribution in [0.1, 0.15) is 22.6 Å². The average molecular weight is 453 g/mol. The molecule has 0 radical (unpaired) electrons. The number of amides is 1. The quantitative estimate of drug-likeness (QED) is 0.529. The van der Waals surface area contributed by atoms with Crippen LogP contribution in [0.25, 0.3) is 0 Å². The topological polar surface area (TPSA) is 74.0 Å². The van der Waals surface area contributed by atoms with Gasteiger partial charge in [0, 0.05) is 30.5 Å². The molecule has 0 aliphatic heterocycles. The van der Waals surface area contributed by atoms with Gasteiger partial charge >= 0.3 is 0 Å². The van der Waals surface area contributed by atoms with E-state index in [1.807, 2.05) is 29.9 Å². The molecule has 0 unspecified atom stereocenters. The Morgan fingerprint density at radius 3 is 2.89 bits per heavy atom. The van der Waals surface area contributed by atoms with E-state index in [4.69, 9.17) is 16.3 Å². The molecule has 1 N–H and O–H groups in total. The Balaban J connectivity index is 1.42. The molecule has 1 aromatic carbocycles. The second-order valence-corrected chi connectivity index (χ2v) is 7.20. The second kappa shape index (κ2) is 9.05. The lowest BCUT2D eigenvalue weighted by Gasteiger charge is -2.06. The summed E-state index contributed by atoms with van der Waals surface area (Å²) in [6, 6.07) is 8.77. The highest BCUT2D eigenvalue weighted by molar-refractivity contribution is 9.10. The number of carbonyl (C=O) groups is 1. The minimum absolute atomic E-state index is 0.196. The van der Waals surface area contributed by atoms with Crippen LogP contribution in [0.2, 0.25) is 5.02 Å². The molecule has 142 valence electrons. The van der Waals surface area contributed by atoms with Gasteiger partial charge in [0.05, 0.1) is 10.2 Å². The van der Waals surface area contributed by atoms with E-state index in [1.54, 1.807) is 29.1 Å². The molecular weight excluding hydrogens is 434 g/mol. The number of nitrogens with one attached hydrogen (secondary N) is 1. The molecule has 7 nitrogen and oxygen atoms in total. The van der Waals surface area contributed by atoms with Gasteiger partial charge in [-0.15, -0.1) is 0 Å². The number of hydrogen-bond donors (Lipinski definition) is 1. The van der Waals surface area contributed by atoms with Gasteiger partial charge in [0.25, 0.3) is 5.91 Å². The summed E-state index contributed by atoms with van der Waals surface area (Å²) in [5.41, 5.74) is 1.30. The number of aryl methyl sites for hydroxylation is 2. The minimum Gasteiger partial charge on any atom is -0.471 e. The average Bonchev–Trinajstić information content (AvgIpc) is 3.24. The Kier molecular flexibility index (Phi) is 6.52. The lowest BCUT2D eigenvalue weighted by Crippen LogP contribution is -2.26. The van der Waals surface area contributed by atoms with Crippen LogP contribution in [0.4, 0.5) is 0 Å². The molecule has 2 aromatic heterocycles. The van der Waals surface area contributed by atoms with Crippen LogP contribution in [0.3, 0.4) is 0 Å². The number of halogens is 2. The van der Waals surface area contributed by atoms with E-state index in [0.717, 1.165) is 23.1 Å². The van der Waals surface area contributed by atoms with Gasteiger partial charge in [0.1, 0.15) is 11.4 Å². The normalized spacial score (nSPS) is 10.8. The number of rotatable bonds is 8. The van der Waals surface area contributed by atoms with E-state index in [1.165, 1.54) is 0 Å². The van der Waals surface area contributed by atoms with E-state index >= 15 is 0 Å². The predicted octanol–water partition coefficient (Wildman–Crippen LogP) is 3.66. The Labute approximate surface area is 170 Å². The molecule has 3 aromatic rings. The van der Waals surface area contributed by atoms with Gasteiger partial charge in [-0.25, -0.2) is 4.68 Å². The number of hydrogen-bond acceptors (Lipinski definition) is 4. The van der Waals surface area contributed by atoms with Gasteiger partial charge < -0.3 is 10.1 Å². The summed E-state index contributed by atoms with van der Waals surface area (Å²) >= 11 is 9.35. The SMILES string of the molecule is Cc1nn(CCCNC(=O)c2ccn(COc3cccc(Cl)c3)n2)cc1Br. The third-order valence-electron chi connectivity index (χ3n) is 3.77. The van der Waals surface area contributed by atoms with Crippen LogP contribution in [0.15, 0.2) is 47.2 Å². The maximum atomic E-state index is 12.2. The van der Waals surface area contributed by atoms with E-state index in [-0.39, 0.29) is 12.6 Å². The van der Waals surface area contributed by atoms with Gasteiger partial charge in [-0.1, -0.05) is 17.7 Å². The highest BCUT2D eigenvalue weighted by atomic mass is 79.9. The number of benzene rings is 1. The molecule has 9 heteroatoms. The molecule has 1 amide bonds. The molecule has 2 heterocycles. The summed E-state index contributed by atoms with van der Waals surface area (Å²) in [6.07, 6.45) is 4.40. The fourth-order valence-corrected chi connectivity index (χ4v) is 2.89. The van der Waals surface area contributed by atoms with Crippen LogP contribution in [-0.2, 0) is 13.3 Å². The van der Waals surface area contributed by atoms with Crippen molar-refractivity contribution in [2.75, 3.05) is 6.54 Å². The lowest BCUT2D eigenvalue weighted by molar-refractivity contribution is 0.0945. The number of ether oxygens (including phenoxy) is 1. The van der Waals surface area contributed by atoms with Crippen molar-refractivity contribution >= 4 is 33.4 Å². The Morgan fingerprint density at radius 1 is 1.30 bits per heavy atom. The lowest BCUT2D eigenvalue weighted by atomic mass is 10.3. The maximum Gasteiger partial charge on any atom is 0.271 e. The third-order valence-corrected chi connectivity index (χ3v) is 4.78. The van der Waals surface area contributed by atoms with Crippen molar-refractivity contribution in [3.63, 3.8) is 0 Å². The van der Waals surface area contributed by atoms with Gasteiger partial charge in [-0.05, 0) is 53.5 Å². The molecule has 0 saturated carbocycles. The van der Waals surface area contributed by atoms with Crippen molar-refractivity contribution in [3.8, 4) is 5.75 Å². The summed E-state index contributed by atoms with van der Waals surface area (Å²) in [5.74, 6) is 0.429. The molecule has 0 bridgehead atoms. The summed E-state index contributed by atoms with van der Waals surface area (Å²) in [5, 5.41) is 12.0. The molecule has 0 fully saturated rings. The molecule has 0 aliphatic carbocycles. The number of carbonyl (C=O) groups excluding carboxylic acids is 1. The maximum absolute atomic E-state index is 12.2. The van der Waals surface area contributed by atoms with Crippen molar-refractivity contribution in [1.82, 2.24) is 24.9 Å². The minimum atomic E-state index is -0.214. The van der Waals surface area contributed by atoms with Crippen molar-refractivity contribution in [2.24, 2.45) is 0 Å². The van der Waals surface area contributed by atoms with E-state index in [0.29, 0.717) is 23.0 Å². The Bertz CT molecular complexity index is 905. The van der Waals surface area contributed by atoms with Crippen molar-refractivity contribution < 1.29 is 9.53 Å². The standard InChI is InChI=1S/C18H19BrClN5O2/c1-13-16(19)11-24(22-13)8-3-7-21-18(26)17-6-9-25(23-17)12-27-15-5-2-4-14(20)10-15/h2,4-6,9-11H,3,7-8,12H2,1H3,(H,21,26). The molecule has 0 saturated heterocycles. The first-order valence-electron chi connectivity index (χ1n) is 8.41. The van der Waals surface area contributed by atoms with Crippen molar-refractivity contribution in [2.45, 2.75) is 26.6 Å². The highest BCUT2D eigenvalue weighted by Crippen LogP contribution is 2.17. The largest absolute Gasteiger partial charge is 0.471 e. The molecule has 27 heavy (non-hydrogen) atoms. The molecule has 3 rings (SSSR count). The van der Waals surface area contributed by atoms with E-state index in [2.05, 4.69) is 31.4 Å². The van der Waals surface area contributed by atoms with Crippen molar-refractivity contribution in [3.05, 3.63) is 63.6 Å². The fraction of sp³-hybridized carbons (Fsp3) is 0.278. The van der Waals surface area contributed by atoms with E-state index in [9.17, 15) is 4.79 Å². The summed E-state index contributed by atoms with van der Waals surface area (Å²) in [4.78, 5) is 12.2. The van der Waals surface area contributed by atoms with Crippen LogP contribution in [0.5, 0.6) is 5.75 Å². The van der Waals surface area contributed by atoms with Crippen LogP contribution in [-0.4, -0.2) is 32.0 Å². The summed E-state index contributed by atoms with van der Waals surface area (Å²) in [6.45, 7) is 3.41. The molecule has 0 atom stereocenters. The van der Waals surface area contributed by atoms with Gasteiger partial charge in [-0.2, -0.15) is 10.2 Å². The van der Waals surface area contributed by atoms with Gasteiger partial charge in [0.2, 0.25) is 0 Å². The summed E-state index contributed by atoms with van der Waals surface area (Å²) < 4.78 is 9.99. The zero-order valence-electron chi connectivity index (χ0n) is 14.7. The van der Waals surface area contributed by atoms with Gasteiger partial charge in [-0.3, -0.25) is 9.48 Å². The Hall–Kier alpha value is -2.32. The predicted molar refractivity (Wildman–Crippen MR) is 106 cm³/mol. The van der Waals surface area contributed by atoms with Crippen LogP contribution < -0.4 is 10.1 Å². The van der Waals surface area contributed by atoms with Crippen LogP contribution in [0, 0.1) is 6.92 Å². The zero-order chi connectivity index (χ0) is 19.2.